The normalized spacial score (nSPS) is 10.8. The third-order valence-corrected chi connectivity index (χ3v) is 3.37. The van der Waals surface area contributed by atoms with Crippen LogP contribution in [0.5, 0.6) is 5.88 Å². The molecule has 0 unspecified atom stereocenters. The molecule has 0 aliphatic rings. The van der Waals surface area contributed by atoms with Crippen LogP contribution in [-0.4, -0.2) is 16.1 Å². The highest BCUT2D eigenvalue weighted by Gasteiger charge is 2.14. The molecule has 0 aliphatic carbocycles. The lowest BCUT2D eigenvalue weighted by Gasteiger charge is -2.15. The van der Waals surface area contributed by atoms with E-state index in [4.69, 9.17) is 22.1 Å². The third-order valence-electron chi connectivity index (χ3n) is 2.44. The molecule has 0 fully saturated rings. The summed E-state index contributed by atoms with van der Waals surface area (Å²) in [5.41, 5.74) is 6.67. The second-order valence-electron chi connectivity index (χ2n) is 4.48. The number of halogens is 3. The number of hydrogen-bond donors (Lipinski definition) is 2. The van der Waals surface area contributed by atoms with Crippen molar-refractivity contribution in [1.29, 1.82) is 0 Å². The van der Waals surface area contributed by atoms with E-state index in [1.807, 2.05) is 13.8 Å². The zero-order valence-electron chi connectivity index (χ0n) is 11.3. The van der Waals surface area contributed by atoms with Crippen molar-refractivity contribution in [1.82, 2.24) is 9.97 Å². The zero-order chi connectivity index (χ0) is 15.6. The Balaban J connectivity index is 2.36. The fraction of sp³-hybridized carbons (Fsp3) is 0.231. The second kappa shape index (κ2) is 6.44. The van der Waals surface area contributed by atoms with Gasteiger partial charge in [-0.25, -0.2) is 9.37 Å². The summed E-state index contributed by atoms with van der Waals surface area (Å²) in [6, 6.07) is 2.48. The van der Waals surface area contributed by atoms with E-state index >= 15 is 0 Å². The van der Waals surface area contributed by atoms with Gasteiger partial charge in [0.1, 0.15) is 17.8 Å². The molecule has 3 N–H and O–H groups in total. The Labute approximate surface area is 134 Å². The molecule has 0 saturated heterocycles. The van der Waals surface area contributed by atoms with Crippen LogP contribution in [0.2, 0.25) is 5.02 Å². The molecule has 21 heavy (non-hydrogen) atoms. The number of rotatable bonds is 4. The van der Waals surface area contributed by atoms with Gasteiger partial charge in [0.15, 0.2) is 5.82 Å². The van der Waals surface area contributed by atoms with Crippen LogP contribution in [0.1, 0.15) is 13.8 Å². The maximum Gasteiger partial charge on any atom is 0.242 e. The molecular formula is C13H13BrClFN4O. The molecule has 1 heterocycles. The molecule has 5 nitrogen and oxygen atoms in total. The predicted molar refractivity (Wildman–Crippen MR) is 84.6 cm³/mol. The Hall–Kier alpha value is -1.60. The molecule has 0 atom stereocenters. The monoisotopic (exact) mass is 374 g/mol. The van der Waals surface area contributed by atoms with E-state index in [0.717, 1.165) is 0 Å². The molecule has 1 aromatic carbocycles. The molecule has 112 valence electrons. The van der Waals surface area contributed by atoms with Gasteiger partial charge in [0.25, 0.3) is 0 Å². The van der Waals surface area contributed by atoms with Gasteiger partial charge in [-0.2, -0.15) is 4.98 Å². The van der Waals surface area contributed by atoms with E-state index in [9.17, 15) is 4.39 Å². The van der Waals surface area contributed by atoms with E-state index in [2.05, 4.69) is 31.2 Å². The highest BCUT2D eigenvalue weighted by atomic mass is 79.9. The minimum Gasteiger partial charge on any atom is -0.473 e. The summed E-state index contributed by atoms with van der Waals surface area (Å²) in [4.78, 5) is 8.02. The molecule has 0 radical (unpaired) electrons. The topological polar surface area (TPSA) is 73.1 Å². The minimum absolute atomic E-state index is 0.0730. The van der Waals surface area contributed by atoms with Crippen LogP contribution >= 0.6 is 27.5 Å². The first-order chi connectivity index (χ1) is 9.88. The minimum atomic E-state index is -0.447. The first-order valence-electron chi connectivity index (χ1n) is 6.07. The van der Waals surface area contributed by atoms with Crippen molar-refractivity contribution in [2.24, 2.45) is 0 Å². The summed E-state index contributed by atoms with van der Waals surface area (Å²) in [6.07, 6.45) is 1.25. The van der Waals surface area contributed by atoms with Crippen LogP contribution in [0.25, 0.3) is 0 Å². The van der Waals surface area contributed by atoms with Gasteiger partial charge in [-0.3, -0.25) is 0 Å². The summed E-state index contributed by atoms with van der Waals surface area (Å²) in [5.74, 6) is 0.156. The van der Waals surface area contributed by atoms with Gasteiger partial charge >= 0.3 is 0 Å². The van der Waals surface area contributed by atoms with Crippen molar-refractivity contribution >= 4 is 44.7 Å². The van der Waals surface area contributed by atoms with Gasteiger partial charge in [0, 0.05) is 4.47 Å². The van der Waals surface area contributed by atoms with E-state index in [1.54, 1.807) is 0 Å². The number of anilines is 3. The Bertz CT molecular complexity index is 646. The number of aromatic nitrogens is 2. The van der Waals surface area contributed by atoms with Gasteiger partial charge in [-0.1, -0.05) is 11.6 Å². The predicted octanol–water partition coefficient (Wildman–Crippen LogP) is 4.14. The average Bonchev–Trinajstić information content (AvgIpc) is 2.37. The molecule has 0 saturated carbocycles. The molecule has 0 spiro atoms. The Kier molecular flexibility index (Phi) is 4.84. The molecule has 0 aliphatic heterocycles. The van der Waals surface area contributed by atoms with Crippen LogP contribution in [0, 0.1) is 5.82 Å². The third kappa shape index (κ3) is 3.74. The van der Waals surface area contributed by atoms with Crippen LogP contribution in [-0.2, 0) is 0 Å². The fourth-order valence-corrected chi connectivity index (χ4v) is 2.48. The number of benzene rings is 1. The maximum absolute atomic E-state index is 13.2. The highest BCUT2D eigenvalue weighted by molar-refractivity contribution is 9.10. The summed E-state index contributed by atoms with van der Waals surface area (Å²) in [6.45, 7) is 3.73. The van der Waals surface area contributed by atoms with Gasteiger partial charge in [0.05, 0.1) is 16.8 Å². The van der Waals surface area contributed by atoms with Gasteiger partial charge < -0.3 is 15.8 Å². The Morgan fingerprint density at radius 3 is 2.71 bits per heavy atom. The number of nitrogens with one attached hydrogen (secondary N) is 1. The van der Waals surface area contributed by atoms with Crippen LogP contribution in [0.15, 0.2) is 22.9 Å². The molecule has 8 heteroatoms. The Morgan fingerprint density at radius 1 is 1.38 bits per heavy atom. The molecular weight excluding hydrogens is 363 g/mol. The van der Waals surface area contributed by atoms with Crippen molar-refractivity contribution in [3.8, 4) is 5.88 Å². The van der Waals surface area contributed by atoms with Crippen molar-refractivity contribution in [2.75, 3.05) is 11.1 Å². The van der Waals surface area contributed by atoms with Gasteiger partial charge in [-0.15, -0.1) is 0 Å². The molecule has 0 bridgehead atoms. The average molecular weight is 376 g/mol. The highest BCUT2D eigenvalue weighted by Crippen LogP contribution is 2.36. The lowest BCUT2D eigenvalue weighted by Crippen LogP contribution is -2.11. The fourth-order valence-electron chi connectivity index (χ4n) is 1.58. The standard InChI is InChI=1S/C13H13BrClFN4O/c1-6(2)21-13-10(17)12(18-5-19-13)20-11-8(14)3-7(16)4-9(11)15/h3-6H,17H2,1-2H3,(H,18,19,20). The molecule has 1 aromatic heterocycles. The first kappa shape index (κ1) is 15.8. The Morgan fingerprint density at radius 2 is 2.10 bits per heavy atom. The molecule has 2 aromatic rings. The van der Waals surface area contributed by atoms with Crippen molar-refractivity contribution in [3.05, 3.63) is 33.8 Å². The summed E-state index contributed by atoms with van der Waals surface area (Å²) in [7, 11) is 0. The maximum atomic E-state index is 13.2. The number of nitrogens with two attached hydrogens (primary N) is 1. The first-order valence-corrected chi connectivity index (χ1v) is 7.24. The summed E-state index contributed by atoms with van der Waals surface area (Å²) >= 11 is 9.25. The van der Waals surface area contributed by atoms with E-state index in [-0.39, 0.29) is 22.7 Å². The SMILES string of the molecule is CC(C)Oc1ncnc(Nc2c(Cl)cc(F)cc2Br)c1N. The number of ether oxygens (including phenoxy) is 1. The number of nitrogen functional groups attached to an aromatic ring is 1. The van der Waals surface area contributed by atoms with Crippen molar-refractivity contribution in [3.63, 3.8) is 0 Å². The van der Waals surface area contributed by atoms with Gasteiger partial charge in [-0.05, 0) is 41.9 Å². The quantitative estimate of drug-likeness (QED) is 0.840. The summed E-state index contributed by atoms with van der Waals surface area (Å²) < 4.78 is 19.2. The van der Waals surface area contributed by atoms with E-state index < -0.39 is 5.82 Å². The number of hydrogen-bond acceptors (Lipinski definition) is 5. The zero-order valence-corrected chi connectivity index (χ0v) is 13.7. The largest absolute Gasteiger partial charge is 0.473 e. The molecule has 2 rings (SSSR count). The lowest BCUT2D eigenvalue weighted by atomic mass is 10.3. The second-order valence-corrected chi connectivity index (χ2v) is 5.74. The van der Waals surface area contributed by atoms with E-state index in [0.29, 0.717) is 16.0 Å². The van der Waals surface area contributed by atoms with E-state index in [1.165, 1.54) is 18.5 Å². The van der Waals surface area contributed by atoms with Crippen LogP contribution in [0.4, 0.5) is 21.6 Å². The smallest absolute Gasteiger partial charge is 0.242 e. The van der Waals surface area contributed by atoms with Crippen LogP contribution < -0.4 is 15.8 Å². The van der Waals surface area contributed by atoms with Crippen molar-refractivity contribution < 1.29 is 9.13 Å². The van der Waals surface area contributed by atoms with Crippen molar-refractivity contribution in [2.45, 2.75) is 20.0 Å². The van der Waals surface area contributed by atoms with Crippen LogP contribution in [0.3, 0.4) is 0 Å². The van der Waals surface area contributed by atoms with Gasteiger partial charge in [0.2, 0.25) is 5.88 Å². The lowest BCUT2D eigenvalue weighted by molar-refractivity contribution is 0.234. The summed E-state index contributed by atoms with van der Waals surface area (Å²) in [5, 5.41) is 3.15. The molecule has 0 amide bonds. The number of nitrogens with zero attached hydrogens (tertiary/aromatic N) is 2.